The first-order valence-electron chi connectivity index (χ1n) is 1.35. The van der Waals surface area contributed by atoms with E-state index in [1.165, 1.54) is 5.57 Å². The van der Waals surface area contributed by atoms with Gasteiger partial charge in [-0.15, -0.1) is 6.58 Å². The summed E-state index contributed by atoms with van der Waals surface area (Å²) in [5.41, 5.74) is 1.17. The summed E-state index contributed by atoms with van der Waals surface area (Å²) >= 11 is 0. The second kappa shape index (κ2) is 4.64. The third-order valence-electron chi connectivity index (χ3n) is 0. The quantitative estimate of drug-likeness (QED) is 0.566. The van der Waals surface area contributed by atoms with Gasteiger partial charge in [0.1, 0.15) is 0 Å². The summed E-state index contributed by atoms with van der Waals surface area (Å²) in [5.74, 6) is 0. The molecule has 32 valence electrons. The molecule has 0 nitrogen and oxygen atoms in total. The second-order valence-electron chi connectivity index (χ2n) is 1.21. The van der Waals surface area contributed by atoms with Crippen molar-refractivity contribution in [2.45, 2.75) is 13.8 Å². The van der Waals surface area contributed by atoms with Crippen molar-refractivity contribution in [3.8, 4) is 0 Å². The van der Waals surface area contributed by atoms with Gasteiger partial charge in [0.25, 0.3) is 0 Å². The van der Waals surface area contributed by atoms with Crippen molar-refractivity contribution < 1.29 is 0 Å². The number of hydrogen-bond acceptors (Lipinski definition) is 0. The van der Waals surface area contributed by atoms with E-state index in [0.29, 0.717) is 0 Å². The van der Waals surface area contributed by atoms with E-state index in [9.17, 15) is 0 Å². The van der Waals surface area contributed by atoms with Gasteiger partial charge in [-0.1, -0.05) is 5.57 Å². The van der Waals surface area contributed by atoms with Crippen molar-refractivity contribution in [3.63, 3.8) is 0 Å². The summed E-state index contributed by atoms with van der Waals surface area (Å²) in [7, 11) is 0. The molecule has 0 N–H and O–H groups in total. The molecule has 0 atom stereocenters. The van der Waals surface area contributed by atoms with Gasteiger partial charge in [0.2, 0.25) is 0 Å². The Hall–Kier alpha value is 0.636. The molecule has 0 aromatic carbocycles. The van der Waals surface area contributed by atoms with Gasteiger partial charge in [-0.3, -0.25) is 0 Å². The Labute approximate surface area is 52.7 Å². The predicted octanol–water partition coefficient (Wildman–Crippen LogP) is 0.666. The Morgan fingerprint density at radius 1 is 1.40 bits per heavy atom. The minimum atomic E-state index is 0. The molecule has 0 aromatic heterocycles. The van der Waals surface area contributed by atoms with Crippen molar-refractivity contribution in [1.82, 2.24) is 0 Å². The van der Waals surface area contributed by atoms with E-state index in [-0.39, 0.29) is 26.6 Å². The van der Waals surface area contributed by atoms with E-state index in [1.54, 1.807) is 0 Å². The molecule has 0 heterocycles. The molecule has 1 heteroatoms. The molecule has 0 radical (unpaired) electrons. The van der Waals surface area contributed by atoms with Crippen molar-refractivity contribution >= 4 is 26.6 Å². The average molecular weight is 267 g/mol. The molecule has 0 spiro atoms. The van der Waals surface area contributed by atoms with Crippen LogP contribution >= 0.6 is 0 Å². The van der Waals surface area contributed by atoms with Crippen LogP contribution in [0.2, 0.25) is 0 Å². The normalized spacial score (nSPS) is 5.20. The summed E-state index contributed by atoms with van der Waals surface area (Å²) in [6.45, 7) is 7.50. The molecule has 0 aliphatic rings. The summed E-state index contributed by atoms with van der Waals surface area (Å²) < 4.78 is 0. The third kappa shape index (κ3) is 79.6. The third-order valence-corrected chi connectivity index (χ3v) is 0. The molecule has 0 saturated heterocycles. The Kier molecular flexibility index (Phi) is 8.50. The Morgan fingerprint density at radius 2 is 1.40 bits per heavy atom. The fourth-order valence-corrected chi connectivity index (χ4v) is 0. The predicted molar refractivity (Wildman–Crippen MR) is 29.0 cm³/mol. The molecule has 0 bridgehead atoms. The first kappa shape index (κ1) is 9.16. The summed E-state index contributed by atoms with van der Waals surface area (Å²) in [6, 6.07) is 0. The first-order valence-corrected chi connectivity index (χ1v) is 1.35. The molecular weight excluding hydrogens is 257 g/mol. The molecule has 0 saturated carbocycles. The van der Waals surface area contributed by atoms with Gasteiger partial charge in [0.15, 0.2) is 0 Å². The molecule has 0 aromatic rings. The number of rotatable bonds is 0. The molecule has 0 amide bonds. The van der Waals surface area contributed by atoms with Crippen molar-refractivity contribution in [2.24, 2.45) is 0 Å². The van der Waals surface area contributed by atoms with Gasteiger partial charge in [-0.25, -0.2) is 0 Å². The van der Waals surface area contributed by atoms with E-state index >= 15 is 0 Å². The van der Waals surface area contributed by atoms with Crippen LogP contribution in [0, 0.1) is 0 Å². The SMILES string of the molecule is C=C(C)C.[PoH2]. The van der Waals surface area contributed by atoms with Crippen LogP contribution in [0.25, 0.3) is 0 Å². The monoisotopic (exact) mass is 267 g/mol. The first-order chi connectivity index (χ1) is 1.73. The van der Waals surface area contributed by atoms with Crippen LogP contribution in [0.3, 0.4) is 0 Å². The zero-order valence-electron chi connectivity index (χ0n) is 3.71. The summed E-state index contributed by atoms with van der Waals surface area (Å²) in [6.07, 6.45) is 0. The maximum absolute atomic E-state index is 3.56. The van der Waals surface area contributed by atoms with E-state index in [4.69, 9.17) is 0 Å². The standard InChI is InChI=1S/C4H8.Po.2H/c1-4(2)3;;;/h1H2,2-3H3;;;. The molecule has 0 unspecified atom stereocenters. The Morgan fingerprint density at radius 3 is 1.40 bits per heavy atom. The number of allylic oxidation sites excluding steroid dienone is 1. The summed E-state index contributed by atoms with van der Waals surface area (Å²) in [4.78, 5) is 0. The van der Waals surface area contributed by atoms with Gasteiger partial charge < -0.3 is 0 Å². The topological polar surface area (TPSA) is 0 Å². The van der Waals surface area contributed by atoms with Crippen LogP contribution in [0.1, 0.15) is 13.8 Å². The van der Waals surface area contributed by atoms with Crippen LogP contribution in [0.15, 0.2) is 12.2 Å². The van der Waals surface area contributed by atoms with Gasteiger partial charge in [-0.2, -0.15) is 0 Å². The van der Waals surface area contributed by atoms with E-state index < -0.39 is 0 Å². The minimum absolute atomic E-state index is 0. The maximum atomic E-state index is 3.56. The second-order valence-corrected chi connectivity index (χ2v) is 1.21. The van der Waals surface area contributed by atoms with Crippen molar-refractivity contribution in [2.75, 3.05) is 0 Å². The van der Waals surface area contributed by atoms with Crippen molar-refractivity contribution in [3.05, 3.63) is 12.2 Å². The zero-order chi connectivity index (χ0) is 3.58. The van der Waals surface area contributed by atoms with E-state index in [1.807, 2.05) is 13.8 Å². The Bertz CT molecular complexity index is 26.6. The van der Waals surface area contributed by atoms with Gasteiger partial charge in [0, 0.05) is 0 Å². The van der Waals surface area contributed by atoms with E-state index in [2.05, 4.69) is 6.58 Å². The van der Waals surface area contributed by atoms with Crippen molar-refractivity contribution in [1.29, 1.82) is 0 Å². The van der Waals surface area contributed by atoms with Crippen LogP contribution in [-0.4, -0.2) is 26.6 Å². The summed E-state index contributed by atoms with van der Waals surface area (Å²) in [5, 5.41) is 0. The molecular formula is C4H10Po. The van der Waals surface area contributed by atoms with Crippen LogP contribution in [0.4, 0.5) is 0 Å². The van der Waals surface area contributed by atoms with Crippen LogP contribution < -0.4 is 0 Å². The van der Waals surface area contributed by atoms with Gasteiger partial charge in [-0.05, 0) is 13.8 Å². The number of hydrogen-bond donors (Lipinski definition) is 0. The molecule has 5 heavy (non-hydrogen) atoms. The van der Waals surface area contributed by atoms with Crippen LogP contribution in [0.5, 0.6) is 0 Å². The fraction of sp³-hybridized carbons (Fsp3) is 0.500. The van der Waals surface area contributed by atoms with Crippen LogP contribution in [-0.2, 0) is 0 Å². The fourth-order valence-electron chi connectivity index (χ4n) is 0. The Balaban J connectivity index is 0. The van der Waals surface area contributed by atoms with Gasteiger partial charge in [0.05, 0.1) is 0 Å². The molecule has 0 fully saturated rings. The molecule has 0 aliphatic heterocycles. The molecule has 0 rings (SSSR count). The molecule has 0 aliphatic carbocycles. The van der Waals surface area contributed by atoms with E-state index in [0.717, 1.165) is 0 Å². The average Bonchev–Trinajstić information content (AvgIpc) is 0.811. The van der Waals surface area contributed by atoms with Gasteiger partial charge >= 0.3 is 26.6 Å². The zero-order valence-corrected chi connectivity index (χ0v) is 7.59.